The van der Waals surface area contributed by atoms with Crippen LogP contribution in [-0.2, 0) is 20.8 Å². The Balaban J connectivity index is 0.00000361. The molecule has 2 amide bonds. The lowest BCUT2D eigenvalue weighted by Crippen LogP contribution is -2.46. The Hall–Kier alpha value is -2.58. The number of aromatic amines is 1. The summed E-state index contributed by atoms with van der Waals surface area (Å²) < 4.78 is 0. The minimum Gasteiger partial charge on any atom is -0.481 e. The molecule has 2 saturated heterocycles. The van der Waals surface area contributed by atoms with Gasteiger partial charge in [-0.1, -0.05) is 18.2 Å². The number of aliphatic carboxylic acids is 1. The summed E-state index contributed by atoms with van der Waals surface area (Å²) in [7, 11) is 0. The first-order valence-electron chi connectivity index (χ1n) is 13.0. The summed E-state index contributed by atoms with van der Waals surface area (Å²) in [5.41, 5.74) is 2.12. The predicted octanol–water partition coefficient (Wildman–Crippen LogP) is 3.36. The fourth-order valence-electron chi connectivity index (χ4n) is 5.42. The number of piperidine rings is 2. The van der Waals surface area contributed by atoms with E-state index < -0.39 is 11.9 Å². The van der Waals surface area contributed by atoms with E-state index in [9.17, 15) is 19.5 Å². The largest absolute Gasteiger partial charge is 0.481 e. The number of carbonyl (C=O) groups is 3. The zero-order chi connectivity index (χ0) is 24.6. The van der Waals surface area contributed by atoms with E-state index in [0.717, 1.165) is 61.7 Å². The Morgan fingerprint density at radius 2 is 1.92 bits per heavy atom. The normalized spacial score (nSPS) is 19.4. The number of carboxylic acid groups (broad SMARTS) is 1. The lowest BCUT2D eigenvalue weighted by molar-refractivity contribution is -0.142. The number of fused-ring (bicyclic) bond motifs is 1. The molecule has 8 nitrogen and oxygen atoms in total. The zero-order valence-corrected chi connectivity index (χ0v) is 21.7. The van der Waals surface area contributed by atoms with Gasteiger partial charge in [-0.15, -0.1) is 12.4 Å². The summed E-state index contributed by atoms with van der Waals surface area (Å²) in [4.78, 5) is 42.5. The number of rotatable bonds is 10. The lowest BCUT2D eigenvalue weighted by atomic mass is 9.92. The van der Waals surface area contributed by atoms with Gasteiger partial charge in [0.1, 0.15) is 0 Å². The van der Waals surface area contributed by atoms with Gasteiger partial charge in [-0.05, 0) is 75.6 Å². The van der Waals surface area contributed by atoms with E-state index in [1.165, 1.54) is 0 Å². The maximum absolute atomic E-state index is 12.9. The number of benzene rings is 1. The number of amides is 2. The summed E-state index contributed by atoms with van der Waals surface area (Å²) in [6.07, 6.45) is 8.27. The average molecular weight is 519 g/mol. The Labute approximate surface area is 219 Å². The van der Waals surface area contributed by atoms with Gasteiger partial charge in [0.05, 0.1) is 11.8 Å². The van der Waals surface area contributed by atoms with Crippen molar-refractivity contribution in [3.8, 4) is 0 Å². The highest BCUT2D eigenvalue weighted by Crippen LogP contribution is 2.23. The minimum atomic E-state index is -0.900. The molecule has 2 fully saturated rings. The molecule has 2 aliphatic rings. The Bertz CT molecular complexity index is 1020. The van der Waals surface area contributed by atoms with Crippen LogP contribution in [0.4, 0.5) is 0 Å². The fraction of sp³-hybridized carbons (Fsp3) is 0.593. The van der Waals surface area contributed by atoms with Crippen molar-refractivity contribution in [2.24, 2.45) is 17.8 Å². The molecule has 0 saturated carbocycles. The number of carbonyl (C=O) groups excluding carboxylic acids is 2. The second-order valence-electron chi connectivity index (χ2n) is 10.1. The van der Waals surface area contributed by atoms with Crippen LogP contribution >= 0.6 is 12.4 Å². The summed E-state index contributed by atoms with van der Waals surface area (Å²) >= 11 is 0. The highest BCUT2D eigenvalue weighted by atomic mass is 35.5. The molecule has 2 aliphatic heterocycles. The van der Waals surface area contributed by atoms with E-state index in [-0.39, 0.29) is 36.7 Å². The summed E-state index contributed by atoms with van der Waals surface area (Å²) in [5, 5.41) is 17.0. The number of nitrogens with zero attached hydrogens (tertiary/aromatic N) is 1. The molecule has 0 bridgehead atoms. The van der Waals surface area contributed by atoms with Crippen molar-refractivity contribution in [2.75, 3.05) is 32.7 Å². The third kappa shape index (κ3) is 7.46. The van der Waals surface area contributed by atoms with E-state index in [1.807, 2.05) is 35.4 Å². The number of para-hydroxylation sites is 1. The van der Waals surface area contributed by atoms with E-state index in [4.69, 9.17) is 0 Å². The molecule has 0 aliphatic carbocycles. The van der Waals surface area contributed by atoms with Crippen molar-refractivity contribution >= 4 is 41.1 Å². The third-order valence-corrected chi connectivity index (χ3v) is 7.68. The van der Waals surface area contributed by atoms with Crippen molar-refractivity contribution < 1.29 is 19.5 Å². The molecule has 36 heavy (non-hydrogen) atoms. The van der Waals surface area contributed by atoms with Crippen LogP contribution in [0, 0.1) is 17.8 Å². The first-order valence-corrected chi connectivity index (χ1v) is 13.0. The highest BCUT2D eigenvalue weighted by molar-refractivity contribution is 5.85. The molecule has 1 unspecified atom stereocenters. The van der Waals surface area contributed by atoms with Crippen molar-refractivity contribution in [3.05, 3.63) is 36.0 Å². The Morgan fingerprint density at radius 3 is 2.69 bits per heavy atom. The Kier molecular flexibility index (Phi) is 10.6. The van der Waals surface area contributed by atoms with Crippen LogP contribution < -0.4 is 10.6 Å². The van der Waals surface area contributed by atoms with Gasteiger partial charge in [0.25, 0.3) is 0 Å². The van der Waals surface area contributed by atoms with Crippen molar-refractivity contribution in [1.29, 1.82) is 0 Å². The maximum atomic E-state index is 12.9. The molecular formula is C27H39ClN4O4. The van der Waals surface area contributed by atoms with Gasteiger partial charge in [-0.25, -0.2) is 0 Å². The SMILES string of the molecule is Cl.O=C(O)C(CCc1c[nH]c2ccccc12)CNC(=O)[C@H]1CCCN(C(=O)CCC2CCNCC2)C1. The molecule has 1 aromatic carbocycles. The first-order chi connectivity index (χ1) is 17.0. The molecule has 2 atom stereocenters. The lowest BCUT2D eigenvalue weighted by Gasteiger charge is -2.33. The van der Waals surface area contributed by atoms with Gasteiger partial charge in [-0.2, -0.15) is 0 Å². The summed E-state index contributed by atoms with van der Waals surface area (Å²) in [5.74, 6) is -1.21. The van der Waals surface area contributed by atoms with Gasteiger partial charge < -0.3 is 25.6 Å². The Morgan fingerprint density at radius 1 is 1.14 bits per heavy atom. The summed E-state index contributed by atoms with van der Waals surface area (Å²) in [6.45, 7) is 3.31. The van der Waals surface area contributed by atoms with E-state index in [0.29, 0.717) is 38.3 Å². The molecule has 2 aromatic rings. The molecule has 4 N–H and O–H groups in total. The predicted molar refractivity (Wildman–Crippen MR) is 142 cm³/mol. The smallest absolute Gasteiger partial charge is 0.308 e. The van der Waals surface area contributed by atoms with Crippen molar-refractivity contribution in [2.45, 2.75) is 51.4 Å². The number of H-pyrrole nitrogens is 1. The van der Waals surface area contributed by atoms with E-state index in [1.54, 1.807) is 0 Å². The summed E-state index contributed by atoms with van der Waals surface area (Å²) in [6, 6.07) is 7.97. The number of hydrogen-bond donors (Lipinski definition) is 4. The van der Waals surface area contributed by atoms with Crippen LogP contribution in [-0.4, -0.2) is 65.5 Å². The minimum absolute atomic E-state index is 0. The number of likely N-dealkylation sites (tertiary alicyclic amines) is 1. The fourth-order valence-corrected chi connectivity index (χ4v) is 5.42. The van der Waals surface area contributed by atoms with Crippen LogP contribution in [0.1, 0.15) is 50.5 Å². The van der Waals surface area contributed by atoms with Crippen LogP contribution in [0.2, 0.25) is 0 Å². The zero-order valence-electron chi connectivity index (χ0n) is 20.8. The van der Waals surface area contributed by atoms with Gasteiger partial charge in [0.2, 0.25) is 11.8 Å². The second kappa shape index (κ2) is 13.7. The van der Waals surface area contributed by atoms with Crippen LogP contribution in [0.5, 0.6) is 0 Å². The molecule has 3 heterocycles. The number of aromatic nitrogens is 1. The topological polar surface area (TPSA) is 115 Å². The van der Waals surface area contributed by atoms with E-state index in [2.05, 4.69) is 15.6 Å². The van der Waals surface area contributed by atoms with Crippen molar-refractivity contribution in [1.82, 2.24) is 20.5 Å². The number of hydrogen-bond acceptors (Lipinski definition) is 4. The molecular weight excluding hydrogens is 480 g/mol. The van der Waals surface area contributed by atoms with Gasteiger partial charge in [-0.3, -0.25) is 14.4 Å². The maximum Gasteiger partial charge on any atom is 0.308 e. The first kappa shape index (κ1) is 28.0. The number of aryl methyl sites for hydroxylation is 1. The van der Waals surface area contributed by atoms with Crippen LogP contribution in [0.3, 0.4) is 0 Å². The molecule has 0 radical (unpaired) electrons. The molecule has 4 rings (SSSR count). The van der Waals surface area contributed by atoms with E-state index >= 15 is 0 Å². The van der Waals surface area contributed by atoms with Crippen molar-refractivity contribution in [3.63, 3.8) is 0 Å². The average Bonchev–Trinajstić information content (AvgIpc) is 3.30. The standard InChI is InChI=1S/C27H38N4O4.ClH/c32-25(10-7-19-11-13-28-14-12-19)31-15-3-4-22(18-31)26(33)30-17-21(27(34)35)9-8-20-16-29-24-6-2-1-5-23(20)24;/h1-2,5-6,16,19,21-22,28-29H,3-4,7-15,17-18H2,(H,30,33)(H,34,35);1H/t21?,22-;/m0./s1. The molecule has 198 valence electrons. The quantitative estimate of drug-likeness (QED) is 0.385. The van der Waals surface area contributed by atoms with Gasteiger partial charge >= 0.3 is 5.97 Å². The number of halogens is 1. The monoisotopic (exact) mass is 518 g/mol. The second-order valence-corrected chi connectivity index (χ2v) is 10.1. The van der Waals surface area contributed by atoms with Gasteiger partial charge in [0, 0.05) is 43.2 Å². The molecule has 9 heteroatoms. The third-order valence-electron chi connectivity index (χ3n) is 7.68. The highest BCUT2D eigenvalue weighted by Gasteiger charge is 2.29. The molecule has 0 spiro atoms. The number of carboxylic acids is 1. The molecule has 1 aromatic heterocycles. The van der Waals surface area contributed by atoms with Crippen LogP contribution in [0.25, 0.3) is 10.9 Å². The van der Waals surface area contributed by atoms with Gasteiger partial charge in [0.15, 0.2) is 0 Å². The number of nitrogens with one attached hydrogen (secondary N) is 3. The van der Waals surface area contributed by atoms with Crippen LogP contribution in [0.15, 0.2) is 30.5 Å².